The Hall–Kier alpha value is -3.56. The molecule has 1 aliphatic rings. The van der Waals surface area contributed by atoms with Gasteiger partial charge in [0.1, 0.15) is 17.7 Å². The number of benzene rings is 2. The van der Waals surface area contributed by atoms with Crippen molar-refractivity contribution in [1.29, 1.82) is 0 Å². The predicted octanol–water partition coefficient (Wildman–Crippen LogP) is 3.38. The minimum Gasteiger partial charge on any atom is -0.396 e. The number of ether oxygens (including phenoxy) is 1. The lowest BCUT2D eigenvalue weighted by molar-refractivity contribution is -0.135. The zero-order chi connectivity index (χ0) is 32.3. The van der Waals surface area contributed by atoms with Crippen LogP contribution in [0.4, 0.5) is 0 Å². The highest BCUT2D eigenvalue weighted by Gasteiger charge is 2.50. The smallest absolute Gasteiger partial charge is 0.243 e. The molecule has 1 aliphatic heterocycles. The summed E-state index contributed by atoms with van der Waals surface area (Å²) in [6.45, 7) is 9.54. The molecule has 4 N–H and O–H groups in total. The Morgan fingerprint density at radius 2 is 1.23 bits per heavy atom. The molecule has 0 bridgehead atoms. The maximum atomic E-state index is 13.7. The van der Waals surface area contributed by atoms with Gasteiger partial charge in [-0.3, -0.25) is 19.2 Å². The van der Waals surface area contributed by atoms with Crippen LogP contribution in [0.3, 0.4) is 0 Å². The second kappa shape index (κ2) is 16.5. The molecule has 3 rings (SSSR count). The molecule has 1 saturated heterocycles. The van der Waals surface area contributed by atoms with Crippen molar-refractivity contribution >= 4 is 23.5 Å². The van der Waals surface area contributed by atoms with Gasteiger partial charge in [0.25, 0.3) is 0 Å². The molecule has 9 heteroatoms. The summed E-state index contributed by atoms with van der Waals surface area (Å²) >= 11 is 0. The molecule has 0 aromatic heterocycles. The second-order valence-corrected chi connectivity index (χ2v) is 12.9. The minimum absolute atomic E-state index is 0.0664. The average molecular weight is 608 g/mol. The highest BCUT2D eigenvalue weighted by molar-refractivity contribution is 5.98. The maximum Gasteiger partial charge on any atom is 0.243 e. The van der Waals surface area contributed by atoms with Crippen molar-refractivity contribution in [1.82, 2.24) is 16.0 Å². The van der Waals surface area contributed by atoms with Crippen LogP contribution < -0.4 is 16.0 Å². The van der Waals surface area contributed by atoms with Crippen molar-refractivity contribution in [2.75, 3.05) is 13.2 Å². The Labute approximate surface area is 261 Å². The van der Waals surface area contributed by atoms with Gasteiger partial charge in [0, 0.05) is 6.42 Å². The van der Waals surface area contributed by atoms with Crippen molar-refractivity contribution < 1.29 is 29.0 Å². The Morgan fingerprint density at radius 1 is 0.750 bits per heavy atom. The number of aryl methyl sites for hydroxylation is 1. The van der Waals surface area contributed by atoms with Gasteiger partial charge < -0.3 is 25.8 Å². The SMILES string of the molecule is CC(C)C[C@H](NC(=O)[C@@H](CO)CCc1ccccc1)C(=O)N[C@@H](Cc1ccccc1)C(=O)N[C@@H](CC(C)C)C(=O)[C@@]1(C)CO1. The summed E-state index contributed by atoms with van der Waals surface area (Å²) in [5.74, 6) is -2.04. The molecule has 3 amide bonds. The fraction of sp³-hybridized carbons (Fsp3) is 0.543. The molecular weight excluding hydrogens is 558 g/mol. The van der Waals surface area contributed by atoms with Gasteiger partial charge in [-0.25, -0.2) is 0 Å². The van der Waals surface area contributed by atoms with Gasteiger partial charge in [-0.15, -0.1) is 0 Å². The highest BCUT2D eigenvalue weighted by atomic mass is 16.6. The molecule has 9 nitrogen and oxygen atoms in total. The molecule has 0 spiro atoms. The lowest BCUT2D eigenvalue weighted by Gasteiger charge is -2.27. The number of epoxide rings is 1. The molecule has 1 fully saturated rings. The molecule has 1 heterocycles. The summed E-state index contributed by atoms with van der Waals surface area (Å²) in [7, 11) is 0. The first-order valence-corrected chi connectivity index (χ1v) is 15.7. The van der Waals surface area contributed by atoms with E-state index < -0.39 is 47.4 Å². The van der Waals surface area contributed by atoms with Gasteiger partial charge >= 0.3 is 0 Å². The molecule has 0 radical (unpaired) electrons. The largest absolute Gasteiger partial charge is 0.396 e. The number of hydrogen-bond donors (Lipinski definition) is 4. The molecule has 0 aliphatic carbocycles. The fourth-order valence-electron chi connectivity index (χ4n) is 5.21. The number of nitrogens with one attached hydrogen (secondary N) is 3. The normalized spacial score (nSPS) is 18.6. The van der Waals surface area contributed by atoms with Gasteiger partial charge in [-0.1, -0.05) is 88.4 Å². The highest BCUT2D eigenvalue weighted by Crippen LogP contribution is 2.29. The lowest BCUT2D eigenvalue weighted by Crippen LogP contribution is -2.58. The number of hydrogen-bond acceptors (Lipinski definition) is 6. The third-order valence-corrected chi connectivity index (χ3v) is 7.91. The van der Waals surface area contributed by atoms with E-state index in [1.807, 2.05) is 88.4 Å². The summed E-state index contributed by atoms with van der Waals surface area (Å²) in [4.78, 5) is 53.9. The minimum atomic E-state index is -0.987. The quantitative estimate of drug-likeness (QED) is 0.192. The summed E-state index contributed by atoms with van der Waals surface area (Å²) in [6.07, 6.45) is 2.02. The second-order valence-electron chi connectivity index (χ2n) is 12.9. The van der Waals surface area contributed by atoms with Crippen LogP contribution in [-0.2, 0) is 36.8 Å². The van der Waals surface area contributed by atoms with Crippen LogP contribution in [0.5, 0.6) is 0 Å². The van der Waals surface area contributed by atoms with Crippen molar-refractivity contribution in [3.05, 3.63) is 71.8 Å². The summed E-state index contributed by atoms with van der Waals surface area (Å²) in [6, 6.07) is 16.4. The number of aliphatic hydroxyl groups is 1. The number of rotatable bonds is 18. The van der Waals surface area contributed by atoms with E-state index in [-0.39, 0.29) is 30.6 Å². The van der Waals surface area contributed by atoms with E-state index >= 15 is 0 Å². The van der Waals surface area contributed by atoms with E-state index in [1.165, 1.54) is 0 Å². The monoisotopic (exact) mass is 607 g/mol. The molecule has 2 aromatic rings. The van der Waals surface area contributed by atoms with Crippen LogP contribution in [0.1, 0.15) is 65.0 Å². The molecule has 44 heavy (non-hydrogen) atoms. The zero-order valence-corrected chi connectivity index (χ0v) is 26.7. The van der Waals surface area contributed by atoms with Crippen molar-refractivity contribution in [3.63, 3.8) is 0 Å². The molecule has 240 valence electrons. The lowest BCUT2D eigenvalue weighted by atomic mass is 9.93. The zero-order valence-electron chi connectivity index (χ0n) is 26.7. The Morgan fingerprint density at radius 3 is 1.75 bits per heavy atom. The van der Waals surface area contributed by atoms with Crippen molar-refractivity contribution in [2.45, 2.75) is 90.4 Å². The van der Waals surface area contributed by atoms with Crippen LogP contribution in [0, 0.1) is 17.8 Å². The van der Waals surface area contributed by atoms with E-state index in [0.29, 0.717) is 32.3 Å². The van der Waals surface area contributed by atoms with E-state index in [9.17, 15) is 24.3 Å². The Bertz CT molecular complexity index is 1230. The number of carbonyl (C=O) groups excluding carboxylic acids is 4. The van der Waals surface area contributed by atoms with E-state index in [1.54, 1.807) is 6.92 Å². The summed E-state index contributed by atoms with van der Waals surface area (Å²) in [5.41, 5.74) is 0.992. The number of amides is 3. The first kappa shape index (κ1) is 34.9. The maximum absolute atomic E-state index is 13.7. The molecule has 0 saturated carbocycles. The summed E-state index contributed by atoms with van der Waals surface area (Å²) < 4.78 is 5.37. The van der Waals surface area contributed by atoms with Crippen LogP contribution >= 0.6 is 0 Å². The third kappa shape index (κ3) is 10.9. The molecule has 2 aromatic carbocycles. The van der Waals surface area contributed by atoms with E-state index in [2.05, 4.69) is 16.0 Å². The van der Waals surface area contributed by atoms with E-state index in [0.717, 1.165) is 11.1 Å². The number of carbonyl (C=O) groups is 4. The Balaban J connectivity index is 1.76. The number of aliphatic hydroxyl groups excluding tert-OH is 1. The van der Waals surface area contributed by atoms with Crippen LogP contribution in [0.15, 0.2) is 60.7 Å². The third-order valence-electron chi connectivity index (χ3n) is 7.91. The number of Topliss-reactive ketones (excluding diaryl/α,β-unsaturated/α-hetero) is 1. The van der Waals surface area contributed by atoms with Crippen molar-refractivity contribution in [3.8, 4) is 0 Å². The Kier molecular flexibility index (Phi) is 13.1. The van der Waals surface area contributed by atoms with Gasteiger partial charge in [0.2, 0.25) is 17.7 Å². The van der Waals surface area contributed by atoms with Crippen LogP contribution in [0.25, 0.3) is 0 Å². The average Bonchev–Trinajstić information content (AvgIpc) is 3.74. The van der Waals surface area contributed by atoms with Gasteiger partial charge in [0.15, 0.2) is 5.78 Å². The standard InChI is InChI=1S/C35H49N3O6/c1-23(2)18-28(31(40)35(5)22-44-35)36-34(43)30(20-26-14-10-7-11-15-26)38-33(42)29(19-24(3)4)37-32(41)27(21-39)17-16-25-12-8-6-9-13-25/h6-15,23-24,27-30,39H,16-22H2,1-5H3,(H,36,43)(H,37,41)(H,38,42)/t27-,28+,29+,30+,35-/m1/s1. The fourth-order valence-corrected chi connectivity index (χ4v) is 5.21. The molecular formula is C35H49N3O6. The van der Waals surface area contributed by atoms with Gasteiger partial charge in [-0.05, 0) is 55.6 Å². The van der Waals surface area contributed by atoms with E-state index in [4.69, 9.17) is 4.74 Å². The van der Waals surface area contributed by atoms with Gasteiger partial charge in [0.05, 0.1) is 25.2 Å². The first-order valence-electron chi connectivity index (χ1n) is 15.7. The topological polar surface area (TPSA) is 137 Å². The van der Waals surface area contributed by atoms with Gasteiger partial charge in [-0.2, -0.15) is 0 Å². The van der Waals surface area contributed by atoms with Crippen LogP contribution in [-0.4, -0.2) is 65.6 Å². The number of ketones is 1. The molecule has 5 atom stereocenters. The first-order chi connectivity index (χ1) is 20.9. The molecule has 0 unspecified atom stereocenters. The van der Waals surface area contributed by atoms with Crippen LogP contribution in [0.2, 0.25) is 0 Å². The van der Waals surface area contributed by atoms with Crippen molar-refractivity contribution in [2.24, 2.45) is 17.8 Å². The predicted molar refractivity (Wildman–Crippen MR) is 170 cm³/mol. The summed E-state index contributed by atoms with van der Waals surface area (Å²) in [5, 5.41) is 18.6.